The summed E-state index contributed by atoms with van der Waals surface area (Å²) < 4.78 is 0. The second kappa shape index (κ2) is 13.9. The van der Waals surface area contributed by atoms with Crippen molar-refractivity contribution >= 4 is 46.4 Å². The number of H-pyrrole nitrogens is 1. The third-order valence-electron chi connectivity index (χ3n) is 6.03. The Bertz CT molecular complexity index is 1230. The largest absolute Gasteiger partial charge is 0.480 e. The van der Waals surface area contributed by atoms with Crippen LogP contribution in [0.5, 0.6) is 0 Å². The van der Waals surface area contributed by atoms with Crippen molar-refractivity contribution in [3.63, 3.8) is 0 Å². The van der Waals surface area contributed by atoms with Crippen molar-refractivity contribution in [3.05, 3.63) is 36.0 Å². The molecule has 2 rings (SSSR count). The predicted molar refractivity (Wildman–Crippen MR) is 140 cm³/mol. The van der Waals surface area contributed by atoms with Crippen molar-refractivity contribution in [2.45, 2.75) is 63.7 Å². The van der Waals surface area contributed by atoms with Crippen LogP contribution in [0, 0.1) is 5.92 Å². The molecular weight excluding hydrogens is 510 g/mol. The lowest BCUT2D eigenvalue weighted by Crippen LogP contribution is -2.58. The number of para-hydroxylation sites is 1. The van der Waals surface area contributed by atoms with Crippen molar-refractivity contribution in [3.8, 4) is 0 Å². The van der Waals surface area contributed by atoms with Crippen molar-refractivity contribution in [2.75, 3.05) is 0 Å². The second-order valence-electron chi connectivity index (χ2n) is 9.54. The highest BCUT2D eigenvalue weighted by Crippen LogP contribution is 2.19. The number of carbonyl (C=O) groups excluding carboxylic acids is 5. The Morgan fingerprint density at radius 1 is 0.897 bits per heavy atom. The van der Waals surface area contributed by atoms with Gasteiger partial charge >= 0.3 is 5.97 Å². The van der Waals surface area contributed by atoms with Crippen LogP contribution in [0.3, 0.4) is 0 Å². The van der Waals surface area contributed by atoms with E-state index in [0.717, 1.165) is 10.9 Å². The van der Waals surface area contributed by atoms with Crippen LogP contribution in [0.15, 0.2) is 30.5 Å². The maximum atomic E-state index is 13.1. The summed E-state index contributed by atoms with van der Waals surface area (Å²) in [6.07, 6.45) is 0.671. The van der Waals surface area contributed by atoms with Gasteiger partial charge in [0.25, 0.3) is 0 Å². The molecule has 14 nitrogen and oxygen atoms in total. The van der Waals surface area contributed by atoms with Gasteiger partial charge in [0, 0.05) is 29.9 Å². The van der Waals surface area contributed by atoms with Crippen LogP contribution in [0.25, 0.3) is 10.9 Å². The van der Waals surface area contributed by atoms with E-state index in [1.807, 2.05) is 18.2 Å². The van der Waals surface area contributed by atoms with Gasteiger partial charge in [-0.15, -0.1) is 0 Å². The third kappa shape index (κ3) is 9.10. The van der Waals surface area contributed by atoms with Crippen molar-refractivity contribution in [1.82, 2.24) is 20.9 Å². The van der Waals surface area contributed by atoms with E-state index in [-0.39, 0.29) is 19.3 Å². The number of nitrogens with one attached hydrogen (secondary N) is 4. The van der Waals surface area contributed by atoms with Gasteiger partial charge in [0.2, 0.25) is 29.5 Å². The number of aromatic amines is 1. The van der Waals surface area contributed by atoms with Gasteiger partial charge in [-0.1, -0.05) is 32.0 Å². The molecule has 1 aromatic carbocycles. The van der Waals surface area contributed by atoms with Crippen LogP contribution >= 0.6 is 0 Å². The summed E-state index contributed by atoms with van der Waals surface area (Å²) in [5, 5.41) is 17.9. The Morgan fingerprint density at radius 3 is 2.13 bits per heavy atom. The number of carboxylic acid groups (broad SMARTS) is 1. The number of hydrogen-bond donors (Lipinski definition) is 8. The normalized spacial score (nSPS) is 14.2. The molecule has 0 aliphatic rings. The fourth-order valence-corrected chi connectivity index (χ4v) is 3.91. The quantitative estimate of drug-likeness (QED) is 0.129. The van der Waals surface area contributed by atoms with Gasteiger partial charge in [-0.05, 0) is 24.0 Å². The summed E-state index contributed by atoms with van der Waals surface area (Å²) >= 11 is 0. The fourth-order valence-electron chi connectivity index (χ4n) is 3.91. The average Bonchev–Trinajstić information content (AvgIpc) is 3.26. The molecule has 4 unspecified atom stereocenters. The van der Waals surface area contributed by atoms with Crippen LogP contribution in [0.2, 0.25) is 0 Å². The van der Waals surface area contributed by atoms with Crippen molar-refractivity contribution in [2.24, 2.45) is 23.1 Å². The van der Waals surface area contributed by atoms with Crippen LogP contribution < -0.4 is 33.2 Å². The number of primary amides is 2. The minimum Gasteiger partial charge on any atom is -0.480 e. The molecule has 0 aliphatic carbocycles. The molecule has 1 aromatic heterocycles. The SMILES string of the molecule is CC(C)C(NC(=O)C(N)CC(N)=O)C(=O)NC(CCC(N)=O)C(=O)NC(Cc1c[nH]c2ccccc12)C(=O)O. The minimum atomic E-state index is -1.35. The van der Waals surface area contributed by atoms with Crippen LogP contribution in [0.1, 0.15) is 38.7 Å². The highest BCUT2D eigenvalue weighted by atomic mass is 16.4. The second-order valence-corrected chi connectivity index (χ2v) is 9.54. The summed E-state index contributed by atoms with van der Waals surface area (Å²) in [5.74, 6) is -5.74. The number of aromatic nitrogens is 1. The van der Waals surface area contributed by atoms with Gasteiger partial charge in [-0.2, -0.15) is 0 Å². The van der Waals surface area contributed by atoms with Gasteiger partial charge in [-0.25, -0.2) is 4.79 Å². The first-order valence-corrected chi connectivity index (χ1v) is 12.3. The van der Waals surface area contributed by atoms with E-state index in [0.29, 0.717) is 5.56 Å². The Labute approximate surface area is 224 Å². The lowest BCUT2D eigenvalue weighted by atomic mass is 10.0. The van der Waals surface area contributed by atoms with Gasteiger partial charge in [0.15, 0.2) is 0 Å². The van der Waals surface area contributed by atoms with E-state index in [9.17, 15) is 33.9 Å². The van der Waals surface area contributed by atoms with E-state index in [4.69, 9.17) is 17.2 Å². The average molecular weight is 546 g/mol. The zero-order valence-electron chi connectivity index (χ0n) is 21.7. The molecule has 0 bridgehead atoms. The van der Waals surface area contributed by atoms with E-state index in [1.165, 1.54) is 0 Å². The van der Waals surface area contributed by atoms with E-state index >= 15 is 0 Å². The Morgan fingerprint density at radius 2 is 1.54 bits per heavy atom. The maximum Gasteiger partial charge on any atom is 0.326 e. The summed E-state index contributed by atoms with van der Waals surface area (Å²) in [7, 11) is 0. The topological polar surface area (TPSA) is 253 Å². The Kier molecular flexibility index (Phi) is 11.0. The number of benzene rings is 1. The van der Waals surface area contributed by atoms with Crippen LogP contribution in [-0.2, 0) is 35.2 Å². The highest BCUT2D eigenvalue weighted by molar-refractivity contribution is 5.95. The lowest BCUT2D eigenvalue weighted by molar-refractivity contribution is -0.142. The van der Waals surface area contributed by atoms with Gasteiger partial charge in [0.1, 0.15) is 18.1 Å². The molecule has 0 radical (unpaired) electrons. The van der Waals surface area contributed by atoms with Gasteiger partial charge < -0.3 is 43.2 Å². The Hall–Kier alpha value is -4.46. The first kappa shape index (κ1) is 30.8. The van der Waals surface area contributed by atoms with Crippen molar-refractivity contribution < 1.29 is 33.9 Å². The molecule has 14 heteroatoms. The number of rotatable bonds is 15. The molecule has 212 valence electrons. The molecule has 11 N–H and O–H groups in total. The van der Waals surface area contributed by atoms with Crippen LogP contribution in [0.4, 0.5) is 0 Å². The van der Waals surface area contributed by atoms with Gasteiger partial charge in [0.05, 0.1) is 12.5 Å². The van der Waals surface area contributed by atoms with E-state index in [2.05, 4.69) is 20.9 Å². The summed E-state index contributed by atoms with van der Waals surface area (Å²) in [6, 6.07) is 2.12. The number of carbonyl (C=O) groups is 6. The molecule has 39 heavy (non-hydrogen) atoms. The minimum absolute atomic E-state index is 0.0516. The smallest absolute Gasteiger partial charge is 0.326 e. The first-order valence-electron chi connectivity index (χ1n) is 12.3. The lowest BCUT2D eigenvalue weighted by Gasteiger charge is -2.26. The number of hydrogen-bond acceptors (Lipinski definition) is 7. The monoisotopic (exact) mass is 545 g/mol. The highest BCUT2D eigenvalue weighted by Gasteiger charge is 2.32. The number of aliphatic carboxylic acids is 1. The van der Waals surface area contributed by atoms with E-state index < -0.39 is 72.0 Å². The number of carboxylic acids is 1. The zero-order valence-corrected chi connectivity index (χ0v) is 21.7. The molecule has 5 amide bonds. The summed E-state index contributed by atoms with van der Waals surface area (Å²) in [4.78, 5) is 76.1. The summed E-state index contributed by atoms with van der Waals surface area (Å²) in [6.45, 7) is 3.26. The molecule has 1 heterocycles. The number of amides is 5. The first-order chi connectivity index (χ1) is 18.3. The molecule has 4 atom stereocenters. The molecule has 0 saturated carbocycles. The molecule has 0 aliphatic heterocycles. The maximum absolute atomic E-state index is 13.1. The predicted octanol–water partition coefficient (Wildman–Crippen LogP) is -1.63. The molecular formula is C25H35N7O7. The number of nitrogens with two attached hydrogens (primary N) is 3. The molecule has 0 saturated heterocycles. The fraction of sp³-hybridized carbons (Fsp3) is 0.440. The molecule has 0 spiro atoms. The van der Waals surface area contributed by atoms with Gasteiger partial charge in [-0.3, -0.25) is 24.0 Å². The number of fused-ring (bicyclic) bond motifs is 1. The summed E-state index contributed by atoms with van der Waals surface area (Å²) in [5.41, 5.74) is 17.4. The standard InChI is InChI=1S/C25H35N7O7/c1-12(2)21(32-22(35)15(26)10-20(28)34)24(37)30-17(7-8-19(27)33)23(36)31-18(25(38)39)9-13-11-29-16-6-4-3-5-14(13)16/h3-6,11-12,15,17-18,21,29H,7-10,26H2,1-2H3,(H2,27,33)(H2,28,34)(H,30,37)(H,31,36)(H,32,35)(H,38,39). The molecule has 2 aromatic rings. The Balaban J connectivity index is 2.19. The van der Waals surface area contributed by atoms with E-state index in [1.54, 1.807) is 26.1 Å². The molecule has 0 fully saturated rings. The van der Waals surface area contributed by atoms with Crippen LogP contribution in [-0.4, -0.2) is 69.8 Å². The third-order valence-corrected chi connectivity index (χ3v) is 6.03. The zero-order chi connectivity index (χ0) is 29.3. The van der Waals surface area contributed by atoms with Crippen molar-refractivity contribution in [1.29, 1.82) is 0 Å².